The van der Waals surface area contributed by atoms with Crippen LogP contribution < -0.4 is 10.2 Å². The highest BCUT2D eigenvalue weighted by Gasteiger charge is 2.24. The molecule has 1 heterocycles. The molecule has 2 amide bonds. The van der Waals surface area contributed by atoms with Gasteiger partial charge in [-0.2, -0.15) is 0 Å². The molecule has 0 saturated carbocycles. The highest BCUT2D eigenvalue weighted by atomic mass is 19.1. The molecule has 0 saturated heterocycles. The van der Waals surface area contributed by atoms with Crippen molar-refractivity contribution >= 4 is 23.2 Å². The van der Waals surface area contributed by atoms with E-state index in [1.165, 1.54) is 17.0 Å². The van der Waals surface area contributed by atoms with Gasteiger partial charge in [-0.05, 0) is 36.8 Å². The lowest BCUT2D eigenvalue weighted by atomic mass is 10.2. The minimum Gasteiger partial charge on any atom is -0.307 e. The minimum atomic E-state index is -0.381. The molecule has 0 unspecified atom stereocenters. The number of carbonyl (C=O) groups excluding carboxylic acids is 1. The number of carbonyl (C=O) groups is 1. The second-order valence-electron chi connectivity index (χ2n) is 5.01. The van der Waals surface area contributed by atoms with Crippen LogP contribution >= 0.6 is 0 Å². The molecule has 2 aromatic rings. The van der Waals surface area contributed by atoms with E-state index >= 15 is 0 Å². The molecule has 1 N–H and O–H groups in total. The van der Waals surface area contributed by atoms with Crippen LogP contribution in [0.5, 0.6) is 0 Å². The smallest absolute Gasteiger partial charge is 0.307 e. The third-order valence-electron chi connectivity index (χ3n) is 3.41. The maximum atomic E-state index is 13.5. The van der Waals surface area contributed by atoms with Crippen molar-refractivity contribution in [1.29, 1.82) is 0 Å². The van der Waals surface area contributed by atoms with E-state index in [2.05, 4.69) is 10.3 Å². The maximum Gasteiger partial charge on any atom is 0.331 e. The van der Waals surface area contributed by atoms with Gasteiger partial charge in [0, 0.05) is 18.7 Å². The Morgan fingerprint density at radius 2 is 1.95 bits per heavy atom. The Morgan fingerprint density at radius 1 is 1.14 bits per heavy atom. The Balaban J connectivity index is 1.90. The SMILES string of the molecule is O=C(Nc1ccccc1)N(C1=NCCC1)c1cccc(F)c1. The van der Waals surface area contributed by atoms with Crippen molar-refractivity contribution in [3.63, 3.8) is 0 Å². The quantitative estimate of drug-likeness (QED) is 0.892. The van der Waals surface area contributed by atoms with E-state index in [-0.39, 0.29) is 11.8 Å². The van der Waals surface area contributed by atoms with Gasteiger partial charge in [0.2, 0.25) is 0 Å². The molecule has 1 aliphatic rings. The fourth-order valence-corrected chi connectivity index (χ4v) is 2.41. The number of anilines is 2. The van der Waals surface area contributed by atoms with Gasteiger partial charge in [-0.25, -0.2) is 9.18 Å². The molecule has 0 bridgehead atoms. The zero-order valence-corrected chi connectivity index (χ0v) is 12.0. The topological polar surface area (TPSA) is 44.7 Å². The molecule has 0 aromatic heterocycles. The van der Waals surface area contributed by atoms with Gasteiger partial charge in [0.1, 0.15) is 11.7 Å². The summed E-state index contributed by atoms with van der Waals surface area (Å²) in [5.74, 6) is 0.285. The van der Waals surface area contributed by atoms with Crippen molar-refractivity contribution in [3.8, 4) is 0 Å². The molecule has 0 fully saturated rings. The van der Waals surface area contributed by atoms with Crippen LogP contribution in [-0.2, 0) is 0 Å². The molecule has 0 atom stereocenters. The minimum absolute atomic E-state index is 0.336. The predicted molar refractivity (Wildman–Crippen MR) is 85.9 cm³/mol. The fourth-order valence-electron chi connectivity index (χ4n) is 2.41. The van der Waals surface area contributed by atoms with Crippen molar-refractivity contribution in [2.45, 2.75) is 12.8 Å². The number of halogens is 1. The number of urea groups is 1. The number of nitrogens with one attached hydrogen (secondary N) is 1. The standard InChI is InChI=1S/C17H16FN3O/c18-13-6-4-9-15(12-13)21(16-10-5-11-19-16)17(22)20-14-7-2-1-3-8-14/h1-4,6-9,12H,5,10-11H2,(H,20,22). The number of amidine groups is 1. The number of benzene rings is 2. The number of hydrogen-bond donors (Lipinski definition) is 1. The summed E-state index contributed by atoms with van der Waals surface area (Å²) in [7, 11) is 0. The Kier molecular flexibility index (Phi) is 4.14. The molecular weight excluding hydrogens is 281 g/mol. The number of amides is 2. The molecule has 5 heteroatoms. The molecule has 3 rings (SSSR count). The van der Waals surface area contributed by atoms with Crippen molar-refractivity contribution in [1.82, 2.24) is 0 Å². The third kappa shape index (κ3) is 3.14. The Bertz CT molecular complexity index is 700. The number of aliphatic imine (C=N–C) groups is 1. The molecule has 0 spiro atoms. The Morgan fingerprint density at radius 3 is 2.64 bits per heavy atom. The second kappa shape index (κ2) is 6.39. The summed E-state index contributed by atoms with van der Waals surface area (Å²) in [6.07, 6.45) is 1.61. The van der Waals surface area contributed by atoms with Gasteiger partial charge in [-0.15, -0.1) is 0 Å². The molecular formula is C17H16FN3O. The Hall–Kier alpha value is -2.69. The van der Waals surface area contributed by atoms with Crippen molar-refractivity contribution < 1.29 is 9.18 Å². The van der Waals surface area contributed by atoms with Crippen molar-refractivity contribution in [3.05, 3.63) is 60.4 Å². The molecule has 1 aliphatic heterocycles. The van der Waals surface area contributed by atoms with Gasteiger partial charge in [0.15, 0.2) is 0 Å². The first-order valence-corrected chi connectivity index (χ1v) is 7.19. The predicted octanol–water partition coefficient (Wildman–Crippen LogP) is 4.06. The van der Waals surface area contributed by atoms with E-state index in [1.54, 1.807) is 24.3 Å². The van der Waals surface area contributed by atoms with E-state index in [0.29, 0.717) is 30.2 Å². The van der Waals surface area contributed by atoms with Crippen LogP contribution in [0.1, 0.15) is 12.8 Å². The lowest BCUT2D eigenvalue weighted by Gasteiger charge is -2.23. The summed E-state index contributed by atoms with van der Waals surface area (Å²) in [6.45, 7) is 0.694. The first-order valence-electron chi connectivity index (χ1n) is 7.19. The summed E-state index contributed by atoms with van der Waals surface area (Å²) in [5.41, 5.74) is 1.17. The monoisotopic (exact) mass is 297 g/mol. The highest BCUT2D eigenvalue weighted by molar-refractivity contribution is 6.20. The number of hydrogen-bond acceptors (Lipinski definition) is 2. The van der Waals surface area contributed by atoms with Crippen LogP contribution in [0, 0.1) is 5.82 Å². The van der Waals surface area contributed by atoms with E-state index < -0.39 is 0 Å². The van der Waals surface area contributed by atoms with E-state index in [4.69, 9.17) is 0 Å². The summed E-state index contributed by atoms with van der Waals surface area (Å²) in [6, 6.07) is 14.8. The summed E-state index contributed by atoms with van der Waals surface area (Å²) in [5, 5.41) is 2.82. The average molecular weight is 297 g/mol. The first kappa shape index (κ1) is 14.3. The van der Waals surface area contributed by atoms with Crippen LogP contribution in [0.3, 0.4) is 0 Å². The molecule has 112 valence electrons. The molecule has 22 heavy (non-hydrogen) atoms. The van der Waals surface area contributed by atoms with Gasteiger partial charge in [0.25, 0.3) is 0 Å². The van der Waals surface area contributed by atoms with Crippen LogP contribution in [-0.4, -0.2) is 18.4 Å². The lowest BCUT2D eigenvalue weighted by Crippen LogP contribution is -2.39. The zero-order chi connectivity index (χ0) is 15.4. The maximum absolute atomic E-state index is 13.5. The van der Waals surface area contributed by atoms with Crippen molar-refractivity contribution in [2.24, 2.45) is 4.99 Å². The van der Waals surface area contributed by atoms with Crippen LogP contribution in [0.4, 0.5) is 20.6 Å². The normalized spacial score (nSPS) is 13.6. The second-order valence-corrected chi connectivity index (χ2v) is 5.01. The zero-order valence-electron chi connectivity index (χ0n) is 12.0. The van der Waals surface area contributed by atoms with Gasteiger partial charge >= 0.3 is 6.03 Å². The number of para-hydroxylation sites is 1. The van der Waals surface area contributed by atoms with Crippen molar-refractivity contribution in [2.75, 3.05) is 16.8 Å². The third-order valence-corrected chi connectivity index (χ3v) is 3.41. The molecule has 0 radical (unpaired) electrons. The molecule has 4 nitrogen and oxygen atoms in total. The van der Waals surface area contributed by atoms with E-state index in [9.17, 15) is 9.18 Å². The Labute approximate surface area is 128 Å². The first-order chi connectivity index (χ1) is 10.7. The van der Waals surface area contributed by atoms with E-state index in [1.807, 2.05) is 18.2 Å². The van der Waals surface area contributed by atoms with Gasteiger partial charge < -0.3 is 5.32 Å². The number of rotatable bonds is 2. The van der Waals surface area contributed by atoms with Gasteiger partial charge in [-0.1, -0.05) is 24.3 Å². The van der Waals surface area contributed by atoms with Crippen LogP contribution in [0.2, 0.25) is 0 Å². The summed E-state index contributed by atoms with van der Waals surface area (Å²) >= 11 is 0. The average Bonchev–Trinajstić information content (AvgIpc) is 3.02. The lowest BCUT2D eigenvalue weighted by molar-refractivity contribution is 0.259. The van der Waals surface area contributed by atoms with Crippen LogP contribution in [0.15, 0.2) is 59.6 Å². The van der Waals surface area contributed by atoms with Gasteiger partial charge in [-0.3, -0.25) is 9.89 Å². The van der Waals surface area contributed by atoms with Gasteiger partial charge in [0.05, 0.1) is 5.69 Å². The van der Waals surface area contributed by atoms with Crippen LogP contribution in [0.25, 0.3) is 0 Å². The summed E-state index contributed by atoms with van der Waals surface area (Å²) < 4.78 is 13.5. The highest BCUT2D eigenvalue weighted by Crippen LogP contribution is 2.21. The fraction of sp³-hybridized carbons (Fsp3) is 0.176. The summed E-state index contributed by atoms with van der Waals surface area (Å²) in [4.78, 5) is 18.4. The largest absolute Gasteiger partial charge is 0.331 e. The number of nitrogens with zero attached hydrogens (tertiary/aromatic N) is 2. The molecule has 0 aliphatic carbocycles. The molecule has 2 aromatic carbocycles. The van der Waals surface area contributed by atoms with E-state index in [0.717, 1.165) is 6.42 Å².